The molecule has 0 saturated heterocycles. The van der Waals surface area contributed by atoms with Crippen LogP contribution in [0.5, 0.6) is 11.5 Å². The minimum Gasteiger partial charge on any atom is -0.495 e. The molecule has 0 aliphatic carbocycles. The molecule has 7 heteroatoms. The summed E-state index contributed by atoms with van der Waals surface area (Å²) in [5.41, 5.74) is 1.45. The topological polar surface area (TPSA) is 73.8 Å². The maximum absolute atomic E-state index is 12.1. The van der Waals surface area contributed by atoms with Crippen molar-refractivity contribution >= 4 is 44.9 Å². The maximum atomic E-state index is 12.1. The highest BCUT2D eigenvalue weighted by atomic mass is 35.5. The van der Waals surface area contributed by atoms with Gasteiger partial charge in [0, 0.05) is 16.8 Å². The number of nitrogens with one attached hydrogen (secondary N) is 1. The van der Waals surface area contributed by atoms with E-state index in [0.29, 0.717) is 38.6 Å². The molecule has 0 saturated carbocycles. The van der Waals surface area contributed by atoms with Gasteiger partial charge in [-0.2, -0.15) is 0 Å². The van der Waals surface area contributed by atoms with Crippen molar-refractivity contribution < 1.29 is 18.3 Å². The fraction of sp³-hybridized carbons (Fsp3) is 0.105. The summed E-state index contributed by atoms with van der Waals surface area (Å²) >= 11 is 5.94. The van der Waals surface area contributed by atoms with Crippen molar-refractivity contribution in [2.45, 2.75) is 0 Å². The van der Waals surface area contributed by atoms with Crippen molar-refractivity contribution in [3.63, 3.8) is 0 Å². The van der Waals surface area contributed by atoms with Gasteiger partial charge in [0.15, 0.2) is 11.2 Å². The third-order valence-electron chi connectivity index (χ3n) is 4.04. The molecule has 2 heterocycles. The van der Waals surface area contributed by atoms with E-state index in [9.17, 15) is 4.79 Å². The van der Waals surface area contributed by atoms with Crippen LogP contribution in [0.1, 0.15) is 0 Å². The highest BCUT2D eigenvalue weighted by molar-refractivity contribution is 6.30. The molecule has 0 fully saturated rings. The third-order valence-corrected chi connectivity index (χ3v) is 4.29. The van der Waals surface area contributed by atoms with Crippen LogP contribution in [-0.4, -0.2) is 14.2 Å². The van der Waals surface area contributed by atoms with Crippen LogP contribution in [0.25, 0.3) is 21.9 Å². The van der Waals surface area contributed by atoms with E-state index in [-0.39, 0.29) is 5.58 Å². The van der Waals surface area contributed by atoms with Crippen LogP contribution in [0.3, 0.4) is 0 Å². The van der Waals surface area contributed by atoms with Crippen molar-refractivity contribution in [1.82, 2.24) is 0 Å². The lowest BCUT2D eigenvalue weighted by atomic mass is 10.1. The Morgan fingerprint density at radius 2 is 1.73 bits per heavy atom. The number of furan rings is 1. The van der Waals surface area contributed by atoms with Gasteiger partial charge in [0.1, 0.15) is 5.75 Å². The number of fused-ring (bicyclic) bond motifs is 2. The molecule has 0 radical (unpaired) electrons. The molecule has 0 atom stereocenters. The summed E-state index contributed by atoms with van der Waals surface area (Å²) in [6.45, 7) is 0. The summed E-state index contributed by atoms with van der Waals surface area (Å²) in [5.74, 6) is 0.849. The molecule has 0 spiro atoms. The van der Waals surface area contributed by atoms with Gasteiger partial charge in [-0.15, -0.1) is 0 Å². The second-order valence-electron chi connectivity index (χ2n) is 5.55. The molecule has 2 aromatic heterocycles. The van der Waals surface area contributed by atoms with Gasteiger partial charge in [-0.1, -0.05) is 11.6 Å². The second-order valence-corrected chi connectivity index (χ2v) is 5.98. The van der Waals surface area contributed by atoms with Gasteiger partial charge in [-0.25, -0.2) is 4.79 Å². The quantitative estimate of drug-likeness (QED) is 0.511. The SMILES string of the molecule is COc1c2occc2c(OC)c2c(Nc3ccc(Cl)cc3)cc(=O)oc12. The monoisotopic (exact) mass is 371 g/mol. The molecule has 0 bridgehead atoms. The molecular weight excluding hydrogens is 358 g/mol. The molecular formula is C19H14ClNO5. The highest BCUT2D eigenvalue weighted by Gasteiger charge is 2.23. The predicted molar refractivity (Wildman–Crippen MR) is 100 cm³/mol. The van der Waals surface area contributed by atoms with Crippen LogP contribution in [0.2, 0.25) is 5.02 Å². The van der Waals surface area contributed by atoms with E-state index in [1.54, 1.807) is 25.3 Å². The van der Waals surface area contributed by atoms with Crippen LogP contribution in [0, 0.1) is 0 Å². The number of rotatable bonds is 4. The number of hydrogen-bond acceptors (Lipinski definition) is 6. The average molecular weight is 372 g/mol. The number of anilines is 2. The van der Waals surface area contributed by atoms with Crippen molar-refractivity contribution in [1.29, 1.82) is 0 Å². The number of methoxy groups -OCH3 is 2. The van der Waals surface area contributed by atoms with Crippen LogP contribution in [0.4, 0.5) is 11.4 Å². The molecule has 1 N–H and O–H groups in total. The maximum Gasteiger partial charge on any atom is 0.338 e. The van der Waals surface area contributed by atoms with Crippen LogP contribution in [-0.2, 0) is 0 Å². The first kappa shape index (κ1) is 16.4. The zero-order valence-electron chi connectivity index (χ0n) is 14.0. The molecule has 0 amide bonds. The second kappa shape index (κ2) is 6.31. The van der Waals surface area contributed by atoms with Crippen molar-refractivity contribution in [2.75, 3.05) is 19.5 Å². The van der Waals surface area contributed by atoms with E-state index in [4.69, 9.17) is 29.9 Å². The van der Waals surface area contributed by atoms with Gasteiger partial charge in [0.25, 0.3) is 0 Å². The third kappa shape index (κ3) is 2.55. The Morgan fingerprint density at radius 1 is 1.00 bits per heavy atom. The summed E-state index contributed by atoms with van der Waals surface area (Å²) in [6.07, 6.45) is 1.53. The molecule has 0 aliphatic rings. The molecule has 4 rings (SSSR count). The van der Waals surface area contributed by atoms with Gasteiger partial charge >= 0.3 is 5.63 Å². The first-order chi connectivity index (χ1) is 12.6. The van der Waals surface area contributed by atoms with Crippen LogP contribution in [0.15, 0.2) is 56.3 Å². The number of halogens is 1. The largest absolute Gasteiger partial charge is 0.495 e. The Morgan fingerprint density at radius 3 is 2.42 bits per heavy atom. The lowest BCUT2D eigenvalue weighted by molar-refractivity contribution is 0.398. The Bertz CT molecular complexity index is 1160. The van der Waals surface area contributed by atoms with Gasteiger partial charge in [0.2, 0.25) is 5.75 Å². The Balaban J connectivity index is 2.06. The smallest absolute Gasteiger partial charge is 0.338 e. The zero-order chi connectivity index (χ0) is 18.3. The Hall–Kier alpha value is -3.12. The lowest BCUT2D eigenvalue weighted by Gasteiger charge is -2.14. The molecule has 6 nitrogen and oxygen atoms in total. The Labute approximate surface area is 152 Å². The number of ether oxygens (including phenoxy) is 2. The van der Waals surface area contributed by atoms with E-state index < -0.39 is 5.63 Å². The Kier molecular flexibility index (Phi) is 3.97. The minimum absolute atomic E-state index is 0.246. The molecule has 4 aromatic rings. The summed E-state index contributed by atoms with van der Waals surface area (Å²) in [6, 6.07) is 10.3. The number of hydrogen-bond donors (Lipinski definition) is 1. The van der Waals surface area contributed by atoms with Gasteiger partial charge in [0.05, 0.1) is 36.9 Å². The average Bonchev–Trinajstić information content (AvgIpc) is 3.11. The van der Waals surface area contributed by atoms with Crippen LogP contribution >= 0.6 is 11.6 Å². The highest BCUT2D eigenvalue weighted by Crippen LogP contribution is 2.45. The first-order valence-corrected chi connectivity index (χ1v) is 8.11. The van der Waals surface area contributed by atoms with Crippen molar-refractivity contribution in [3.8, 4) is 11.5 Å². The van der Waals surface area contributed by atoms with E-state index >= 15 is 0 Å². The lowest BCUT2D eigenvalue weighted by Crippen LogP contribution is -2.03. The summed E-state index contributed by atoms with van der Waals surface area (Å²) < 4.78 is 22.0. The fourth-order valence-corrected chi connectivity index (χ4v) is 3.09. The molecule has 2 aromatic carbocycles. The van der Waals surface area contributed by atoms with Gasteiger partial charge < -0.3 is 23.6 Å². The van der Waals surface area contributed by atoms with Crippen molar-refractivity contribution in [2.24, 2.45) is 0 Å². The molecule has 0 unspecified atom stereocenters. The summed E-state index contributed by atoms with van der Waals surface area (Å²) in [4.78, 5) is 12.1. The van der Waals surface area contributed by atoms with E-state index in [1.807, 2.05) is 12.1 Å². The van der Waals surface area contributed by atoms with Crippen molar-refractivity contribution in [3.05, 3.63) is 58.1 Å². The van der Waals surface area contributed by atoms with E-state index in [2.05, 4.69) is 5.32 Å². The molecule has 0 aliphatic heterocycles. The van der Waals surface area contributed by atoms with Crippen LogP contribution < -0.4 is 20.4 Å². The first-order valence-electron chi connectivity index (χ1n) is 7.74. The minimum atomic E-state index is -0.528. The zero-order valence-corrected chi connectivity index (χ0v) is 14.7. The normalized spacial score (nSPS) is 11.0. The molecule has 132 valence electrons. The fourth-order valence-electron chi connectivity index (χ4n) is 2.97. The van der Waals surface area contributed by atoms with E-state index in [0.717, 1.165) is 5.69 Å². The standard InChI is InChI=1S/C19H14ClNO5/c1-23-16-12-7-8-25-17(12)19(24-2)18-15(16)13(9-14(22)26-18)21-11-5-3-10(20)4-6-11/h3-9,21H,1-2H3. The van der Waals surface area contributed by atoms with E-state index in [1.165, 1.54) is 19.4 Å². The summed E-state index contributed by atoms with van der Waals surface area (Å²) in [5, 5.41) is 5.12. The molecule has 26 heavy (non-hydrogen) atoms. The van der Waals surface area contributed by atoms with Gasteiger partial charge in [-0.3, -0.25) is 0 Å². The summed E-state index contributed by atoms with van der Waals surface area (Å²) in [7, 11) is 3.04. The number of benzene rings is 2. The predicted octanol–water partition coefficient (Wildman–Crippen LogP) is 4.95. The van der Waals surface area contributed by atoms with Gasteiger partial charge in [-0.05, 0) is 30.3 Å².